The first-order valence-electron chi connectivity index (χ1n) is 8.45. The average molecular weight is 369 g/mol. The van der Waals surface area contributed by atoms with Crippen molar-refractivity contribution < 1.29 is 14.3 Å². The highest BCUT2D eigenvalue weighted by atomic mass is 32.1. The van der Waals surface area contributed by atoms with E-state index in [-0.39, 0.29) is 5.91 Å². The van der Waals surface area contributed by atoms with Crippen molar-refractivity contribution in [3.63, 3.8) is 0 Å². The van der Waals surface area contributed by atoms with E-state index < -0.39 is 6.04 Å². The van der Waals surface area contributed by atoms with Crippen LogP contribution in [0.15, 0.2) is 54.2 Å². The second-order valence-electron chi connectivity index (χ2n) is 5.99. The molecular formula is C19H19N3O3S. The van der Waals surface area contributed by atoms with Gasteiger partial charge in [-0.15, -0.1) is 11.3 Å². The number of carbonyl (C=O) groups excluding carboxylic acids is 1. The zero-order chi connectivity index (χ0) is 17.9. The van der Waals surface area contributed by atoms with Crippen LogP contribution in [0.25, 0.3) is 0 Å². The Kier molecular flexibility index (Phi) is 4.62. The molecule has 1 amide bonds. The highest BCUT2D eigenvalue weighted by Gasteiger charge is 2.25. The third kappa shape index (κ3) is 3.30. The molecule has 134 valence electrons. The molecule has 0 radical (unpaired) electrons. The molecule has 1 aromatic carbocycles. The molecule has 3 aromatic rings. The van der Waals surface area contributed by atoms with E-state index in [4.69, 9.17) is 9.47 Å². The highest BCUT2D eigenvalue weighted by Crippen LogP contribution is 2.35. The third-order valence-corrected chi connectivity index (χ3v) is 5.14. The van der Waals surface area contributed by atoms with Crippen LogP contribution in [0.2, 0.25) is 0 Å². The van der Waals surface area contributed by atoms with Gasteiger partial charge in [0.05, 0.1) is 6.54 Å². The van der Waals surface area contributed by atoms with Crippen molar-refractivity contribution in [3.8, 4) is 11.5 Å². The number of amides is 1. The highest BCUT2D eigenvalue weighted by molar-refractivity contribution is 7.09. The van der Waals surface area contributed by atoms with Crippen LogP contribution in [0.5, 0.6) is 11.5 Å². The van der Waals surface area contributed by atoms with Gasteiger partial charge in [0.1, 0.15) is 19.3 Å². The molecule has 0 aliphatic carbocycles. The second kappa shape index (κ2) is 7.21. The van der Waals surface area contributed by atoms with Crippen LogP contribution in [0.3, 0.4) is 0 Å². The Morgan fingerprint density at radius 2 is 2.12 bits per heavy atom. The van der Waals surface area contributed by atoms with Crippen molar-refractivity contribution in [3.05, 3.63) is 59.0 Å². The van der Waals surface area contributed by atoms with Gasteiger partial charge in [0.2, 0.25) is 0 Å². The quantitative estimate of drug-likeness (QED) is 0.691. The number of ether oxygens (including phenoxy) is 2. The minimum atomic E-state index is -0.404. The molecule has 0 saturated carbocycles. The lowest BCUT2D eigenvalue weighted by atomic mass is 10.2. The summed E-state index contributed by atoms with van der Waals surface area (Å²) in [6.45, 7) is 3.41. The number of hydrogen-bond acceptors (Lipinski definition) is 5. The Bertz CT molecular complexity index is 878. The topological polar surface area (TPSA) is 56.6 Å². The maximum atomic E-state index is 13.2. The van der Waals surface area contributed by atoms with Crippen molar-refractivity contribution in [1.29, 1.82) is 0 Å². The van der Waals surface area contributed by atoms with Gasteiger partial charge in [-0.05, 0) is 36.6 Å². The minimum Gasteiger partial charge on any atom is -0.486 e. The maximum absolute atomic E-state index is 13.2. The summed E-state index contributed by atoms with van der Waals surface area (Å²) in [5.41, 5.74) is 0.784. The Balaban J connectivity index is 1.67. The van der Waals surface area contributed by atoms with E-state index in [0.29, 0.717) is 31.3 Å². The molecule has 26 heavy (non-hydrogen) atoms. The number of hydrogen-bond donors (Lipinski definition) is 0. The number of rotatable bonds is 5. The van der Waals surface area contributed by atoms with Crippen LogP contribution >= 0.6 is 11.3 Å². The minimum absolute atomic E-state index is 0.0289. The number of benzene rings is 1. The Hall–Kier alpha value is -2.80. The zero-order valence-electron chi connectivity index (χ0n) is 14.4. The van der Waals surface area contributed by atoms with Gasteiger partial charge in [-0.2, -0.15) is 5.10 Å². The molecular weight excluding hydrogens is 350 g/mol. The van der Waals surface area contributed by atoms with Gasteiger partial charge < -0.3 is 14.4 Å². The van der Waals surface area contributed by atoms with Crippen LogP contribution in [0.1, 0.15) is 17.8 Å². The lowest BCUT2D eigenvalue weighted by Gasteiger charge is -2.27. The number of anilines is 1. The number of carbonyl (C=O) groups is 1. The molecule has 2 aromatic heterocycles. The molecule has 3 heterocycles. The first-order valence-corrected chi connectivity index (χ1v) is 9.33. The monoisotopic (exact) mass is 369 g/mol. The van der Waals surface area contributed by atoms with Gasteiger partial charge >= 0.3 is 0 Å². The smallest absolute Gasteiger partial charge is 0.251 e. The van der Waals surface area contributed by atoms with E-state index in [1.807, 2.05) is 48.7 Å². The fourth-order valence-corrected chi connectivity index (χ4v) is 3.60. The van der Waals surface area contributed by atoms with Crippen LogP contribution in [-0.2, 0) is 11.3 Å². The van der Waals surface area contributed by atoms with E-state index in [9.17, 15) is 4.79 Å². The van der Waals surface area contributed by atoms with Crippen LogP contribution < -0.4 is 14.4 Å². The van der Waals surface area contributed by atoms with Gasteiger partial charge in [-0.1, -0.05) is 6.07 Å². The summed E-state index contributed by atoms with van der Waals surface area (Å²) in [6.07, 6.45) is 3.48. The van der Waals surface area contributed by atoms with Gasteiger partial charge in [0.25, 0.3) is 5.91 Å². The first kappa shape index (κ1) is 16.7. The lowest BCUT2D eigenvalue weighted by molar-refractivity contribution is -0.121. The lowest BCUT2D eigenvalue weighted by Crippen LogP contribution is -2.36. The van der Waals surface area contributed by atoms with Crippen LogP contribution in [0.4, 0.5) is 5.69 Å². The van der Waals surface area contributed by atoms with Crippen molar-refractivity contribution in [2.45, 2.75) is 19.5 Å². The summed E-state index contributed by atoms with van der Waals surface area (Å²) >= 11 is 1.63. The molecule has 1 aliphatic heterocycles. The second-order valence-corrected chi connectivity index (χ2v) is 7.03. The van der Waals surface area contributed by atoms with Crippen molar-refractivity contribution in [1.82, 2.24) is 9.78 Å². The molecule has 0 bridgehead atoms. The molecule has 1 atom stereocenters. The molecule has 0 fully saturated rings. The largest absolute Gasteiger partial charge is 0.486 e. The van der Waals surface area contributed by atoms with Gasteiger partial charge in [-0.25, -0.2) is 0 Å². The predicted molar refractivity (Wildman–Crippen MR) is 99.9 cm³/mol. The van der Waals surface area contributed by atoms with Crippen molar-refractivity contribution in [2.75, 3.05) is 18.1 Å². The standard InChI is InChI=1S/C19H19N3O3S/c1-14(22-8-3-7-20-22)19(23)21(13-16-4-2-11-26-16)15-5-6-17-18(12-15)25-10-9-24-17/h2-8,11-12,14H,9-10,13H2,1H3. The van der Waals surface area contributed by atoms with Crippen molar-refractivity contribution in [2.24, 2.45) is 0 Å². The van der Waals surface area contributed by atoms with Crippen molar-refractivity contribution >= 4 is 22.9 Å². The summed E-state index contributed by atoms with van der Waals surface area (Å²) in [5, 5.41) is 6.22. The van der Waals surface area contributed by atoms with Gasteiger partial charge in [0, 0.05) is 29.0 Å². The zero-order valence-corrected chi connectivity index (χ0v) is 15.2. The fraction of sp³-hybridized carbons (Fsp3) is 0.263. The third-order valence-electron chi connectivity index (χ3n) is 4.28. The maximum Gasteiger partial charge on any atom is 0.251 e. The molecule has 0 saturated heterocycles. The Morgan fingerprint density at radius 3 is 2.85 bits per heavy atom. The Labute approximate surface area is 155 Å². The van der Waals surface area contributed by atoms with Gasteiger partial charge in [-0.3, -0.25) is 9.48 Å². The number of fused-ring (bicyclic) bond motifs is 1. The first-order chi connectivity index (χ1) is 12.7. The average Bonchev–Trinajstić information content (AvgIpc) is 3.38. The van der Waals surface area contributed by atoms with E-state index in [2.05, 4.69) is 5.10 Å². The fourth-order valence-electron chi connectivity index (χ4n) is 2.90. The summed E-state index contributed by atoms with van der Waals surface area (Å²) in [7, 11) is 0. The predicted octanol–water partition coefficient (Wildman–Crippen LogP) is 3.51. The van der Waals surface area contributed by atoms with E-state index in [1.165, 1.54) is 0 Å². The van der Waals surface area contributed by atoms with Crippen LogP contribution in [0, 0.1) is 0 Å². The van der Waals surface area contributed by atoms with Gasteiger partial charge in [0.15, 0.2) is 11.5 Å². The summed E-state index contributed by atoms with van der Waals surface area (Å²) in [5.74, 6) is 1.35. The molecule has 6 nitrogen and oxygen atoms in total. The molecule has 0 spiro atoms. The number of thiophene rings is 1. The summed E-state index contributed by atoms with van der Waals surface area (Å²) in [6, 6.07) is 11.1. The molecule has 7 heteroatoms. The normalized spacial score (nSPS) is 14.0. The molecule has 1 unspecified atom stereocenters. The summed E-state index contributed by atoms with van der Waals surface area (Å²) < 4.78 is 12.9. The van der Waals surface area contributed by atoms with E-state index in [1.54, 1.807) is 33.3 Å². The SMILES string of the molecule is CC(C(=O)N(Cc1cccs1)c1ccc2c(c1)OCCO2)n1cccn1. The van der Waals surface area contributed by atoms with Crippen LogP contribution in [-0.4, -0.2) is 28.9 Å². The molecule has 1 aliphatic rings. The Morgan fingerprint density at radius 1 is 1.27 bits per heavy atom. The number of aromatic nitrogens is 2. The molecule has 0 N–H and O–H groups in total. The van der Waals surface area contributed by atoms with E-state index >= 15 is 0 Å². The molecule has 4 rings (SSSR count). The number of nitrogens with zero attached hydrogens (tertiary/aromatic N) is 3. The summed E-state index contributed by atoms with van der Waals surface area (Å²) in [4.78, 5) is 16.1. The van der Waals surface area contributed by atoms with E-state index in [0.717, 1.165) is 10.6 Å².